The van der Waals surface area contributed by atoms with Crippen LogP contribution >= 0.6 is 11.6 Å². The molecule has 0 spiro atoms. The number of nitrogens with zero attached hydrogens (tertiary/aromatic N) is 1. The minimum atomic E-state index is -0.303. The van der Waals surface area contributed by atoms with Crippen LogP contribution in [0, 0.1) is 6.92 Å². The van der Waals surface area contributed by atoms with E-state index in [1.807, 2.05) is 43.3 Å². The Hall–Kier alpha value is -3.05. The number of pyridine rings is 1. The highest BCUT2D eigenvalue weighted by atomic mass is 35.5. The van der Waals surface area contributed by atoms with E-state index in [9.17, 15) is 4.79 Å². The van der Waals surface area contributed by atoms with Gasteiger partial charge in [0.15, 0.2) is 0 Å². The Morgan fingerprint density at radius 1 is 1.08 bits per heavy atom. The molecule has 0 aliphatic rings. The van der Waals surface area contributed by atoms with Crippen molar-refractivity contribution in [1.82, 2.24) is 4.98 Å². The number of hydrogen-bond acceptors (Lipinski definition) is 4. The minimum absolute atomic E-state index is 0.303. The number of carbonyl (C=O) groups excluding carboxylic acids is 1. The number of aryl methyl sites for hydroxylation is 1. The van der Waals surface area contributed by atoms with E-state index in [1.165, 1.54) is 0 Å². The predicted octanol–water partition coefficient (Wildman–Crippen LogP) is 5.05. The summed E-state index contributed by atoms with van der Waals surface area (Å²) in [5, 5.41) is 6.66. The lowest BCUT2D eigenvalue weighted by Gasteiger charge is -2.11. The molecule has 1 heterocycles. The maximum absolute atomic E-state index is 12.4. The quantitative estimate of drug-likeness (QED) is 0.662. The third-order valence-corrected chi connectivity index (χ3v) is 3.95. The van der Waals surface area contributed by atoms with Crippen LogP contribution in [-0.2, 0) is 0 Å². The van der Waals surface area contributed by atoms with Crippen LogP contribution < -0.4 is 15.4 Å². The van der Waals surface area contributed by atoms with Gasteiger partial charge in [-0.25, -0.2) is 4.98 Å². The first-order valence-corrected chi connectivity index (χ1v) is 8.37. The number of halogens is 1. The lowest BCUT2D eigenvalue weighted by atomic mass is 10.2. The van der Waals surface area contributed by atoms with Crippen molar-refractivity contribution in [1.29, 1.82) is 0 Å². The maximum atomic E-state index is 12.4. The van der Waals surface area contributed by atoms with Crippen LogP contribution in [0.3, 0.4) is 0 Å². The van der Waals surface area contributed by atoms with Crippen molar-refractivity contribution >= 4 is 34.6 Å². The van der Waals surface area contributed by atoms with Crippen molar-refractivity contribution in [2.75, 3.05) is 17.7 Å². The van der Waals surface area contributed by atoms with Crippen molar-refractivity contribution in [3.63, 3.8) is 0 Å². The monoisotopic (exact) mass is 367 g/mol. The maximum Gasteiger partial charge on any atom is 0.274 e. The smallest absolute Gasteiger partial charge is 0.274 e. The van der Waals surface area contributed by atoms with E-state index < -0.39 is 0 Å². The number of anilines is 3. The summed E-state index contributed by atoms with van der Waals surface area (Å²) in [4.78, 5) is 16.7. The van der Waals surface area contributed by atoms with Crippen LogP contribution in [0.1, 0.15) is 16.1 Å². The fourth-order valence-corrected chi connectivity index (χ4v) is 2.63. The fourth-order valence-electron chi connectivity index (χ4n) is 2.44. The Balaban J connectivity index is 1.72. The van der Waals surface area contributed by atoms with E-state index >= 15 is 0 Å². The van der Waals surface area contributed by atoms with Gasteiger partial charge in [-0.1, -0.05) is 23.7 Å². The molecule has 0 atom stereocenters. The molecule has 0 unspecified atom stereocenters. The van der Waals surface area contributed by atoms with E-state index in [-0.39, 0.29) is 5.91 Å². The van der Waals surface area contributed by atoms with Gasteiger partial charge in [-0.3, -0.25) is 4.79 Å². The molecule has 0 saturated heterocycles. The minimum Gasteiger partial charge on any atom is -0.495 e. The summed E-state index contributed by atoms with van der Waals surface area (Å²) in [5.74, 6) is 0.298. The topological polar surface area (TPSA) is 63.2 Å². The molecule has 0 saturated carbocycles. The molecule has 0 bridgehead atoms. The molecule has 132 valence electrons. The Kier molecular flexibility index (Phi) is 5.39. The van der Waals surface area contributed by atoms with Crippen LogP contribution in [-0.4, -0.2) is 18.0 Å². The highest BCUT2D eigenvalue weighted by Crippen LogP contribution is 2.26. The van der Waals surface area contributed by atoms with Gasteiger partial charge in [-0.05, 0) is 55.0 Å². The molecule has 3 aromatic rings. The summed E-state index contributed by atoms with van der Waals surface area (Å²) >= 11 is 5.97. The molecule has 1 amide bonds. The summed E-state index contributed by atoms with van der Waals surface area (Å²) < 4.78 is 5.28. The molecule has 2 aromatic carbocycles. The van der Waals surface area contributed by atoms with E-state index in [1.54, 1.807) is 31.5 Å². The first-order chi connectivity index (χ1) is 12.5. The lowest BCUT2D eigenvalue weighted by Crippen LogP contribution is -2.14. The molecule has 5 nitrogen and oxygen atoms in total. The zero-order chi connectivity index (χ0) is 18.5. The molecule has 1 aromatic heterocycles. The number of amides is 1. The Morgan fingerprint density at radius 3 is 2.62 bits per heavy atom. The summed E-state index contributed by atoms with van der Waals surface area (Å²) in [7, 11) is 1.56. The largest absolute Gasteiger partial charge is 0.495 e. The van der Waals surface area contributed by atoms with Crippen LogP contribution in [0.25, 0.3) is 0 Å². The van der Waals surface area contributed by atoms with Crippen molar-refractivity contribution in [2.45, 2.75) is 6.92 Å². The first kappa shape index (κ1) is 17.8. The average Bonchev–Trinajstić information content (AvgIpc) is 2.62. The zero-order valence-corrected chi connectivity index (χ0v) is 15.2. The predicted molar refractivity (Wildman–Crippen MR) is 105 cm³/mol. The van der Waals surface area contributed by atoms with Gasteiger partial charge in [0.1, 0.15) is 11.4 Å². The van der Waals surface area contributed by atoms with E-state index in [4.69, 9.17) is 16.3 Å². The molecule has 3 rings (SSSR count). The van der Waals surface area contributed by atoms with Crippen LogP contribution in [0.2, 0.25) is 5.02 Å². The summed E-state index contributed by atoms with van der Waals surface area (Å²) in [6.45, 7) is 1.95. The van der Waals surface area contributed by atoms with Crippen LogP contribution in [0.15, 0.2) is 60.8 Å². The van der Waals surface area contributed by atoms with Crippen LogP contribution in [0.5, 0.6) is 5.75 Å². The zero-order valence-electron chi connectivity index (χ0n) is 14.4. The first-order valence-electron chi connectivity index (χ1n) is 8.00. The normalized spacial score (nSPS) is 10.3. The molecule has 0 aliphatic heterocycles. The number of hydrogen-bond donors (Lipinski definition) is 2. The van der Waals surface area contributed by atoms with Gasteiger partial charge < -0.3 is 15.4 Å². The molecule has 0 radical (unpaired) electrons. The van der Waals surface area contributed by atoms with Gasteiger partial charge in [-0.15, -0.1) is 0 Å². The lowest BCUT2D eigenvalue weighted by molar-refractivity contribution is 0.102. The van der Waals surface area contributed by atoms with Gasteiger partial charge in [0.05, 0.1) is 24.7 Å². The molecular formula is C20H18ClN3O2. The van der Waals surface area contributed by atoms with E-state index in [0.29, 0.717) is 22.2 Å². The van der Waals surface area contributed by atoms with Gasteiger partial charge in [-0.2, -0.15) is 0 Å². The molecular weight excluding hydrogens is 350 g/mol. The molecule has 0 fully saturated rings. The number of rotatable bonds is 5. The molecule has 6 heteroatoms. The van der Waals surface area contributed by atoms with E-state index in [0.717, 1.165) is 16.9 Å². The second-order valence-corrected chi connectivity index (χ2v) is 6.16. The number of methoxy groups -OCH3 is 1. The fraction of sp³-hybridized carbons (Fsp3) is 0.100. The summed E-state index contributed by atoms with van der Waals surface area (Å²) in [6.07, 6.45) is 1.60. The van der Waals surface area contributed by atoms with Crippen molar-refractivity contribution < 1.29 is 9.53 Å². The van der Waals surface area contributed by atoms with Gasteiger partial charge in [0.2, 0.25) is 0 Å². The molecule has 0 aliphatic carbocycles. The van der Waals surface area contributed by atoms with Crippen molar-refractivity contribution in [3.8, 4) is 5.75 Å². The van der Waals surface area contributed by atoms with Gasteiger partial charge in [0, 0.05) is 10.7 Å². The van der Waals surface area contributed by atoms with E-state index in [2.05, 4.69) is 15.6 Å². The average molecular weight is 368 g/mol. The summed E-state index contributed by atoms with van der Waals surface area (Å²) in [6, 6.07) is 16.4. The number of carbonyl (C=O) groups is 1. The van der Waals surface area contributed by atoms with Gasteiger partial charge in [0.25, 0.3) is 5.91 Å². The second kappa shape index (κ2) is 7.89. The molecule has 26 heavy (non-hydrogen) atoms. The van der Waals surface area contributed by atoms with Crippen LogP contribution in [0.4, 0.5) is 17.1 Å². The second-order valence-electron chi connectivity index (χ2n) is 5.73. The molecule has 2 N–H and O–H groups in total. The number of nitrogens with one attached hydrogen (secondary N) is 2. The highest BCUT2D eigenvalue weighted by molar-refractivity contribution is 6.30. The van der Waals surface area contributed by atoms with Crippen molar-refractivity contribution in [2.24, 2.45) is 0 Å². The standard InChI is InChI=1S/C20H18ClN3O2/c1-13-6-9-19(26-2)18(10-13)24-20(25)17-8-7-16(12-22-17)23-15-5-3-4-14(21)11-15/h3-12,23H,1-2H3,(H,24,25). The number of ether oxygens (including phenoxy) is 1. The number of aromatic nitrogens is 1. The summed E-state index contributed by atoms with van der Waals surface area (Å²) in [5.41, 5.74) is 3.55. The number of benzene rings is 2. The highest BCUT2D eigenvalue weighted by Gasteiger charge is 2.11. The Morgan fingerprint density at radius 2 is 1.92 bits per heavy atom. The Labute approximate surface area is 157 Å². The third kappa shape index (κ3) is 4.32. The SMILES string of the molecule is COc1ccc(C)cc1NC(=O)c1ccc(Nc2cccc(Cl)c2)cn1. The third-order valence-electron chi connectivity index (χ3n) is 3.71. The van der Waals surface area contributed by atoms with Crippen molar-refractivity contribution in [3.05, 3.63) is 77.1 Å². The Bertz CT molecular complexity index is 927. The van der Waals surface area contributed by atoms with Gasteiger partial charge >= 0.3 is 0 Å².